The molecule has 1 N–H and O–H groups in total. The number of pyridine rings is 1. The maximum Gasteiger partial charge on any atom is 0.417 e. The number of nitrogens with zero attached hydrogens (tertiary/aromatic N) is 1. The zero-order valence-corrected chi connectivity index (χ0v) is 16.9. The van der Waals surface area contributed by atoms with Crippen molar-refractivity contribution in [2.24, 2.45) is 5.92 Å². The van der Waals surface area contributed by atoms with Gasteiger partial charge >= 0.3 is 12.1 Å². The van der Waals surface area contributed by atoms with E-state index >= 15 is 0 Å². The minimum atomic E-state index is -4.86. The van der Waals surface area contributed by atoms with Crippen molar-refractivity contribution in [1.82, 2.24) is 4.98 Å². The number of aromatic carboxylic acids is 1. The number of rotatable bonds is 4. The second kappa shape index (κ2) is 8.50. The van der Waals surface area contributed by atoms with Crippen molar-refractivity contribution >= 4 is 35.5 Å². The Hall–Kier alpha value is -1.44. The molecule has 0 bridgehead atoms. The number of carboxylic acids is 1. The molecule has 0 aliphatic carbocycles. The minimum absolute atomic E-state index is 0. The van der Waals surface area contributed by atoms with E-state index in [-0.39, 0.29) is 58.8 Å². The predicted molar refractivity (Wildman–Crippen MR) is 90.6 cm³/mol. The monoisotopic (exact) mass is 378 g/mol. The van der Waals surface area contributed by atoms with Gasteiger partial charge in [-0.3, -0.25) is 4.98 Å². The van der Waals surface area contributed by atoms with E-state index in [1.165, 1.54) is 19.1 Å². The standard InChI is InChI=1S/C18H17F4NO2.Na/c1-9(2)6-15-16(17(24)25)12(18(20,21)22)8-14(23-15)11-5-4-10(3)13(19)7-11;/h4-5,7-9H,6H2,1-3H3,(H,24,25);. The third-order valence-corrected chi connectivity index (χ3v) is 3.68. The summed E-state index contributed by atoms with van der Waals surface area (Å²) in [6.45, 7) is 5.03. The molecular formula is C18H17F4NNaO2. The molecule has 2 aromatic rings. The van der Waals surface area contributed by atoms with Crippen LogP contribution in [0.15, 0.2) is 24.3 Å². The van der Waals surface area contributed by atoms with Crippen molar-refractivity contribution in [3.8, 4) is 11.3 Å². The van der Waals surface area contributed by atoms with E-state index in [4.69, 9.17) is 0 Å². The van der Waals surface area contributed by atoms with Gasteiger partial charge in [0, 0.05) is 35.1 Å². The molecule has 0 unspecified atom stereocenters. The van der Waals surface area contributed by atoms with Crippen molar-refractivity contribution in [1.29, 1.82) is 0 Å². The Balaban J connectivity index is 0.00000338. The molecule has 1 heterocycles. The van der Waals surface area contributed by atoms with Crippen LogP contribution in [0.4, 0.5) is 17.6 Å². The Morgan fingerprint density at radius 3 is 2.31 bits per heavy atom. The van der Waals surface area contributed by atoms with E-state index in [0.717, 1.165) is 6.07 Å². The third kappa shape index (κ3) is 5.05. The first kappa shape index (κ1) is 22.6. The van der Waals surface area contributed by atoms with Crippen LogP contribution in [0.3, 0.4) is 0 Å². The van der Waals surface area contributed by atoms with Gasteiger partial charge in [-0.2, -0.15) is 13.2 Å². The second-order valence-corrected chi connectivity index (χ2v) is 6.24. The van der Waals surface area contributed by atoms with Crippen molar-refractivity contribution in [2.75, 3.05) is 0 Å². The number of aromatic nitrogens is 1. The van der Waals surface area contributed by atoms with Gasteiger partial charge in [0.1, 0.15) is 5.82 Å². The summed E-state index contributed by atoms with van der Waals surface area (Å²) in [5.74, 6) is -2.35. The van der Waals surface area contributed by atoms with E-state index in [1.54, 1.807) is 13.8 Å². The van der Waals surface area contributed by atoms with Gasteiger partial charge < -0.3 is 5.11 Å². The molecule has 0 fully saturated rings. The number of benzene rings is 1. The van der Waals surface area contributed by atoms with Gasteiger partial charge in [0.15, 0.2) is 0 Å². The van der Waals surface area contributed by atoms with E-state index in [9.17, 15) is 27.5 Å². The fourth-order valence-corrected chi connectivity index (χ4v) is 2.49. The topological polar surface area (TPSA) is 50.2 Å². The van der Waals surface area contributed by atoms with Gasteiger partial charge in [0.05, 0.1) is 22.5 Å². The first-order valence-electron chi connectivity index (χ1n) is 7.61. The smallest absolute Gasteiger partial charge is 0.417 e. The summed E-state index contributed by atoms with van der Waals surface area (Å²) >= 11 is 0. The SMILES string of the molecule is Cc1ccc(-c2cc(C(F)(F)F)c(C(=O)O)c(CC(C)C)n2)cc1F.[Na]. The number of carbonyl (C=O) groups is 1. The van der Waals surface area contributed by atoms with Crippen LogP contribution < -0.4 is 0 Å². The van der Waals surface area contributed by atoms with Crippen LogP contribution in [0.25, 0.3) is 11.3 Å². The third-order valence-electron chi connectivity index (χ3n) is 3.68. The fourth-order valence-electron chi connectivity index (χ4n) is 2.49. The Morgan fingerprint density at radius 2 is 1.85 bits per heavy atom. The molecular weight excluding hydrogens is 361 g/mol. The maximum absolute atomic E-state index is 13.8. The molecule has 2 rings (SSSR count). The summed E-state index contributed by atoms with van der Waals surface area (Å²) in [6, 6.07) is 4.65. The average Bonchev–Trinajstić information content (AvgIpc) is 2.47. The van der Waals surface area contributed by atoms with Crippen molar-refractivity contribution < 1.29 is 27.5 Å². The van der Waals surface area contributed by atoms with Crippen LogP contribution in [0.5, 0.6) is 0 Å². The number of hydrogen-bond acceptors (Lipinski definition) is 2. The molecule has 135 valence electrons. The molecule has 0 amide bonds. The predicted octanol–water partition coefficient (Wildman–Crippen LogP) is 4.73. The number of aryl methyl sites for hydroxylation is 1. The van der Waals surface area contributed by atoms with E-state index in [2.05, 4.69) is 4.98 Å². The molecule has 0 saturated carbocycles. The van der Waals surface area contributed by atoms with Gasteiger partial charge in [-0.15, -0.1) is 0 Å². The Bertz CT molecular complexity index is 820. The van der Waals surface area contributed by atoms with Gasteiger partial charge in [-0.05, 0) is 37.0 Å². The van der Waals surface area contributed by atoms with Crippen LogP contribution >= 0.6 is 0 Å². The van der Waals surface area contributed by atoms with Crippen LogP contribution in [0, 0.1) is 18.7 Å². The fraction of sp³-hybridized carbons (Fsp3) is 0.333. The van der Waals surface area contributed by atoms with Gasteiger partial charge in [-0.1, -0.05) is 26.0 Å². The maximum atomic E-state index is 13.8. The molecule has 0 atom stereocenters. The number of alkyl halides is 3. The van der Waals surface area contributed by atoms with E-state index < -0.39 is 29.1 Å². The van der Waals surface area contributed by atoms with Crippen LogP contribution in [-0.4, -0.2) is 45.6 Å². The first-order valence-corrected chi connectivity index (χ1v) is 7.61. The average molecular weight is 378 g/mol. The van der Waals surface area contributed by atoms with Crippen molar-refractivity contribution in [2.45, 2.75) is 33.4 Å². The summed E-state index contributed by atoms with van der Waals surface area (Å²) in [5.41, 5.74) is -1.88. The normalized spacial score (nSPS) is 11.4. The number of carboxylic acid groups (broad SMARTS) is 1. The van der Waals surface area contributed by atoms with Gasteiger partial charge in [-0.25, -0.2) is 9.18 Å². The molecule has 0 aliphatic heterocycles. The molecule has 1 aromatic carbocycles. The van der Waals surface area contributed by atoms with Crippen LogP contribution in [0.2, 0.25) is 0 Å². The van der Waals surface area contributed by atoms with Crippen LogP contribution in [-0.2, 0) is 12.6 Å². The summed E-state index contributed by atoms with van der Waals surface area (Å²) in [7, 11) is 0. The van der Waals surface area contributed by atoms with Crippen LogP contribution in [0.1, 0.15) is 41.0 Å². The van der Waals surface area contributed by atoms with E-state index in [1.807, 2.05) is 0 Å². The Morgan fingerprint density at radius 1 is 1.23 bits per heavy atom. The molecule has 0 spiro atoms. The van der Waals surface area contributed by atoms with Gasteiger partial charge in [0.2, 0.25) is 0 Å². The van der Waals surface area contributed by atoms with Crippen molar-refractivity contribution in [3.63, 3.8) is 0 Å². The zero-order valence-electron chi connectivity index (χ0n) is 14.9. The molecule has 1 radical (unpaired) electrons. The summed E-state index contributed by atoms with van der Waals surface area (Å²) in [4.78, 5) is 15.5. The second-order valence-electron chi connectivity index (χ2n) is 6.24. The Labute approximate surface area is 170 Å². The molecule has 8 heteroatoms. The largest absolute Gasteiger partial charge is 0.478 e. The van der Waals surface area contributed by atoms with Crippen molar-refractivity contribution in [3.05, 3.63) is 52.5 Å². The minimum Gasteiger partial charge on any atom is -0.478 e. The van der Waals surface area contributed by atoms with Gasteiger partial charge in [0.25, 0.3) is 0 Å². The summed E-state index contributed by atoms with van der Waals surface area (Å²) < 4.78 is 54.0. The van der Waals surface area contributed by atoms with E-state index in [0.29, 0.717) is 11.6 Å². The first-order chi connectivity index (χ1) is 11.5. The molecule has 1 aromatic heterocycles. The molecule has 26 heavy (non-hydrogen) atoms. The Kier molecular flexibility index (Phi) is 7.39. The molecule has 3 nitrogen and oxygen atoms in total. The summed E-state index contributed by atoms with van der Waals surface area (Å²) in [5, 5.41) is 9.26. The number of hydrogen-bond donors (Lipinski definition) is 1. The molecule has 0 saturated heterocycles. The molecule has 0 aliphatic rings. The zero-order chi connectivity index (χ0) is 18.9. The quantitative estimate of drug-likeness (QED) is 0.618. The summed E-state index contributed by atoms with van der Waals surface area (Å²) in [6.07, 6.45) is -4.80. The number of halogens is 4.